The van der Waals surface area contributed by atoms with Gasteiger partial charge >= 0.3 is 0 Å². The van der Waals surface area contributed by atoms with Crippen LogP contribution in [-0.2, 0) is 11.2 Å². The Morgan fingerprint density at radius 2 is 1.92 bits per heavy atom. The molecule has 0 unspecified atom stereocenters. The molecule has 2 aliphatic rings. The Hall–Kier alpha value is -4.80. The number of ether oxygens (including phenoxy) is 1. The lowest BCUT2D eigenvalue weighted by atomic mass is 10.1. The van der Waals surface area contributed by atoms with Crippen LogP contribution in [0.3, 0.4) is 0 Å². The summed E-state index contributed by atoms with van der Waals surface area (Å²) in [5, 5.41) is 16.7. The molecule has 1 aromatic carbocycles. The number of aromatic nitrogens is 4. The van der Waals surface area contributed by atoms with Crippen molar-refractivity contribution < 1.29 is 13.9 Å². The van der Waals surface area contributed by atoms with Crippen molar-refractivity contribution in [1.29, 1.82) is 5.26 Å². The lowest BCUT2D eigenvalue weighted by Crippen LogP contribution is -2.47. The maximum Gasteiger partial charge on any atom is 0.236 e. The highest BCUT2D eigenvalue weighted by Gasteiger charge is 2.28. The molecular formula is C35H43FN10O2. The predicted octanol–water partition coefficient (Wildman–Crippen LogP) is 3.55. The predicted molar refractivity (Wildman–Crippen MR) is 182 cm³/mol. The molecule has 0 radical (unpaired) electrons. The van der Waals surface area contributed by atoms with Crippen molar-refractivity contribution in [3.05, 3.63) is 66.2 Å². The second-order valence-electron chi connectivity index (χ2n) is 12.7. The second-order valence-corrected chi connectivity index (χ2v) is 12.7. The van der Waals surface area contributed by atoms with Crippen LogP contribution in [0.15, 0.2) is 54.9 Å². The summed E-state index contributed by atoms with van der Waals surface area (Å²) in [6.07, 6.45) is 5.83. The largest absolute Gasteiger partial charge is 0.492 e. The number of nitriles is 1. The van der Waals surface area contributed by atoms with Crippen molar-refractivity contribution in [3.63, 3.8) is 0 Å². The van der Waals surface area contributed by atoms with Gasteiger partial charge in [0.05, 0.1) is 23.3 Å². The Morgan fingerprint density at radius 3 is 2.69 bits per heavy atom. The average molecular weight is 655 g/mol. The van der Waals surface area contributed by atoms with E-state index in [1.807, 2.05) is 61.6 Å². The number of pyridine rings is 1. The number of piperidine rings is 1. The van der Waals surface area contributed by atoms with E-state index in [1.54, 1.807) is 15.6 Å². The zero-order valence-corrected chi connectivity index (χ0v) is 27.7. The van der Waals surface area contributed by atoms with E-state index < -0.39 is 5.82 Å². The lowest BCUT2D eigenvalue weighted by molar-refractivity contribution is -0.131. The van der Waals surface area contributed by atoms with E-state index in [1.165, 1.54) is 5.56 Å². The van der Waals surface area contributed by atoms with E-state index in [9.17, 15) is 4.79 Å². The van der Waals surface area contributed by atoms with Crippen molar-refractivity contribution in [2.45, 2.75) is 31.7 Å². The molecule has 1 atom stereocenters. The summed E-state index contributed by atoms with van der Waals surface area (Å²) in [5.41, 5.74) is 2.79. The number of hydrogen-bond acceptors (Lipinski definition) is 10. The highest BCUT2D eigenvalue weighted by atomic mass is 19.1. The SMILES string of the molecule is CN(C)CCOc1ccc(CCN2CCN(c3nc(-c4cnn5ccccc45)nc(N[C@@H]4CCCN(C(=O)CC#N)C4)c3F)CC2)cc1. The molecule has 2 saturated heterocycles. The Labute approximate surface area is 280 Å². The number of likely N-dealkylation sites (N-methyl/N-ethyl adjacent to an activating group) is 1. The van der Waals surface area contributed by atoms with E-state index >= 15 is 4.39 Å². The van der Waals surface area contributed by atoms with Crippen LogP contribution in [-0.4, -0.2) is 119 Å². The van der Waals surface area contributed by atoms with E-state index in [0.29, 0.717) is 44.2 Å². The fourth-order valence-corrected chi connectivity index (χ4v) is 6.23. The van der Waals surface area contributed by atoms with Crippen LogP contribution in [0.25, 0.3) is 16.9 Å². The number of halogens is 1. The minimum atomic E-state index is -0.503. The summed E-state index contributed by atoms with van der Waals surface area (Å²) < 4.78 is 23.9. The molecule has 0 aliphatic carbocycles. The normalized spacial score (nSPS) is 17.1. The van der Waals surface area contributed by atoms with Gasteiger partial charge in [0, 0.05) is 64.6 Å². The first-order valence-corrected chi connectivity index (χ1v) is 16.6. The summed E-state index contributed by atoms with van der Waals surface area (Å²) in [7, 11) is 4.06. The summed E-state index contributed by atoms with van der Waals surface area (Å²) in [6, 6.07) is 15.8. The third kappa shape index (κ3) is 8.00. The quantitative estimate of drug-likeness (QED) is 0.243. The second kappa shape index (κ2) is 15.4. The van der Waals surface area contributed by atoms with Gasteiger partial charge in [-0.25, -0.2) is 14.5 Å². The first-order chi connectivity index (χ1) is 23.4. The number of nitrogens with one attached hydrogen (secondary N) is 1. The summed E-state index contributed by atoms with van der Waals surface area (Å²) in [6.45, 7) is 6.22. The number of fused-ring (bicyclic) bond motifs is 1. The highest BCUT2D eigenvalue weighted by Crippen LogP contribution is 2.31. The third-order valence-corrected chi connectivity index (χ3v) is 8.97. The summed E-state index contributed by atoms with van der Waals surface area (Å²) in [5.74, 6) is 0.931. The minimum Gasteiger partial charge on any atom is -0.492 e. The van der Waals surface area contributed by atoms with Crippen LogP contribution in [0.4, 0.5) is 16.0 Å². The monoisotopic (exact) mass is 654 g/mol. The molecule has 0 spiro atoms. The number of carbonyl (C=O) groups excluding carboxylic acids is 1. The van der Waals surface area contributed by atoms with Crippen LogP contribution < -0.4 is 15.0 Å². The van der Waals surface area contributed by atoms with Gasteiger partial charge in [0.15, 0.2) is 17.5 Å². The van der Waals surface area contributed by atoms with Gasteiger partial charge in [-0.05, 0) is 63.2 Å². The fourth-order valence-electron chi connectivity index (χ4n) is 6.23. The minimum absolute atomic E-state index is 0.112. The third-order valence-electron chi connectivity index (χ3n) is 8.97. The molecule has 1 amide bonds. The number of rotatable bonds is 12. The van der Waals surface area contributed by atoms with Gasteiger partial charge in [0.25, 0.3) is 0 Å². The molecule has 5 heterocycles. The first-order valence-electron chi connectivity index (χ1n) is 16.6. The Bertz CT molecular complexity index is 1730. The zero-order chi connectivity index (χ0) is 33.5. The molecule has 6 rings (SSSR count). The van der Waals surface area contributed by atoms with Crippen LogP contribution in [0.1, 0.15) is 24.8 Å². The summed E-state index contributed by atoms with van der Waals surface area (Å²) >= 11 is 0. The van der Waals surface area contributed by atoms with Crippen LogP contribution in [0, 0.1) is 17.1 Å². The molecule has 48 heavy (non-hydrogen) atoms. The standard InChI is InChI=1S/C35H43FN10O2/c1-42(2)22-23-48-28-10-8-26(9-11-28)13-17-43-18-20-44(21-19-43)35-32(36)34(39-27-6-5-15-45(25-27)31(47)12-14-37)40-33(41-35)29-24-38-46-16-4-3-7-30(29)46/h3-4,7-11,16,24,27H,5-6,12-13,15,17-23,25H2,1-2H3,(H,39,40,41)/t27-/m1/s1. The number of anilines is 2. The lowest BCUT2D eigenvalue weighted by Gasteiger charge is -2.36. The van der Waals surface area contributed by atoms with Gasteiger partial charge in [-0.2, -0.15) is 14.8 Å². The van der Waals surface area contributed by atoms with Crippen molar-refractivity contribution in [1.82, 2.24) is 34.3 Å². The Kier molecular flexibility index (Phi) is 10.6. The summed E-state index contributed by atoms with van der Waals surface area (Å²) in [4.78, 5) is 30.0. The molecule has 2 fully saturated rings. The van der Waals surface area contributed by atoms with Gasteiger partial charge in [0.2, 0.25) is 11.7 Å². The Morgan fingerprint density at radius 1 is 1.10 bits per heavy atom. The molecule has 3 aromatic heterocycles. The number of amides is 1. The van der Waals surface area contributed by atoms with E-state index in [-0.39, 0.29) is 30.0 Å². The van der Waals surface area contributed by atoms with Gasteiger partial charge in [-0.15, -0.1) is 0 Å². The fraction of sp³-hybridized carbons (Fsp3) is 0.457. The molecule has 2 aliphatic heterocycles. The number of hydrogen-bond donors (Lipinski definition) is 1. The number of likely N-dealkylation sites (tertiary alicyclic amines) is 1. The van der Waals surface area contributed by atoms with Gasteiger partial charge < -0.3 is 24.8 Å². The molecule has 0 saturated carbocycles. The molecular weight excluding hydrogens is 611 g/mol. The van der Waals surface area contributed by atoms with E-state index in [4.69, 9.17) is 15.0 Å². The van der Waals surface area contributed by atoms with Crippen molar-refractivity contribution in [2.24, 2.45) is 0 Å². The number of carbonyl (C=O) groups is 1. The maximum absolute atomic E-state index is 16.3. The molecule has 0 bridgehead atoms. The number of nitrogens with zero attached hydrogens (tertiary/aromatic N) is 9. The van der Waals surface area contributed by atoms with Gasteiger partial charge in [-0.1, -0.05) is 18.2 Å². The van der Waals surface area contributed by atoms with Crippen LogP contribution >= 0.6 is 0 Å². The zero-order valence-electron chi connectivity index (χ0n) is 27.7. The van der Waals surface area contributed by atoms with Crippen molar-refractivity contribution in [3.8, 4) is 23.2 Å². The van der Waals surface area contributed by atoms with Crippen LogP contribution in [0.2, 0.25) is 0 Å². The molecule has 1 N–H and O–H groups in total. The van der Waals surface area contributed by atoms with Gasteiger partial charge in [-0.3, -0.25) is 9.69 Å². The van der Waals surface area contributed by atoms with Crippen molar-refractivity contribution in [2.75, 3.05) is 83.3 Å². The smallest absolute Gasteiger partial charge is 0.236 e. The van der Waals surface area contributed by atoms with Crippen LogP contribution in [0.5, 0.6) is 5.75 Å². The topological polar surface area (TPSA) is 118 Å². The number of benzene rings is 1. The average Bonchev–Trinajstić information content (AvgIpc) is 3.54. The molecule has 13 heteroatoms. The van der Waals surface area contributed by atoms with Gasteiger partial charge in [0.1, 0.15) is 18.8 Å². The molecule has 4 aromatic rings. The van der Waals surface area contributed by atoms with E-state index in [0.717, 1.165) is 56.7 Å². The van der Waals surface area contributed by atoms with Crippen molar-refractivity contribution >= 4 is 23.1 Å². The maximum atomic E-state index is 16.3. The highest BCUT2D eigenvalue weighted by molar-refractivity contribution is 5.79. The van der Waals surface area contributed by atoms with E-state index in [2.05, 4.69) is 37.3 Å². The molecule has 252 valence electrons. The number of piperazine rings is 1. The molecule has 12 nitrogen and oxygen atoms in total. The first kappa shape index (κ1) is 33.1. The Balaban J connectivity index is 1.15.